The monoisotopic (exact) mass is 285 g/mol. The third-order valence-corrected chi connectivity index (χ3v) is 3.57. The van der Waals surface area contributed by atoms with Crippen molar-refractivity contribution in [3.63, 3.8) is 0 Å². The summed E-state index contributed by atoms with van der Waals surface area (Å²) in [6.45, 7) is 0.910. The lowest BCUT2D eigenvalue weighted by Crippen LogP contribution is -1.96. The van der Waals surface area contributed by atoms with Crippen LogP contribution in [0.4, 0.5) is 0 Å². The smallest absolute Gasteiger partial charge is 0.0495 e. The lowest BCUT2D eigenvalue weighted by Gasteiger charge is -2.04. The summed E-state index contributed by atoms with van der Waals surface area (Å²) < 4.78 is 3.43. The molecule has 0 fully saturated rings. The highest BCUT2D eigenvalue weighted by molar-refractivity contribution is 9.10. The number of aromatic nitrogens is 1. The Bertz CT molecular complexity index is 640. The fourth-order valence-corrected chi connectivity index (χ4v) is 2.70. The van der Waals surface area contributed by atoms with Gasteiger partial charge in [-0.2, -0.15) is 0 Å². The van der Waals surface area contributed by atoms with Crippen LogP contribution in [0.5, 0.6) is 0 Å². The van der Waals surface area contributed by atoms with Gasteiger partial charge in [-0.1, -0.05) is 48.5 Å². The van der Waals surface area contributed by atoms with Crippen molar-refractivity contribution in [2.24, 2.45) is 0 Å². The average molecular weight is 286 g/mol. The van der Waals surface area contributed by atoms with Crippen molar-refractivity contribution in [1.29, 1.82) is 0 Å². The van der Waals surface area contributed by atoms with Gasteiger partial charge in [0.15, 0.2) is 0 Å². The number of rotatable bonds is 2. The molecule has 0 aliphatic carbocycles. The molecule has 1 nitrogen and oxygen atoms in total. The van der Waals surface area contributed by atoms with E-state index in [4.69, 9.17) is 0 Å². The summed E-state index contributed by atoms with van der Waals surface area (Å²) in [5, 5.41) is 1.27. The van der Waals surface area contributed by atoms with Crippen molar-refractivity contribution in [3.05, 3.63) is 70.8 Å². The molecule has 0 aliphatic heterocycles. The third kappa shape index (κ3) is 2.01. The Morgan fingerprint density at radius 3 is 2.41 bits per heavy atom. The minimum Gasteiger partial charge on any atom is -0.342 e. The molecule has 84 valence electrons. The van der Waals surface area contributed by atoms with E-state index in [1.807, 2.05) is 6.07 Å². The molecule has 0 bridgehead atoms. The second-order valence-corrected chi connectivity index (χ2v) is 4.96. The van der Waals surface area contributed by atoms with Crippen LogP contribution in [0.3, 0.4) is 0 Å². The van der Waals surface area contributed by atoms with E-state index in [0.717, 1.165) is 11.0 Å². The summed E-state index contributed by atoms with van der Waals surface area (Å²) in [6, 6.07) is 19.0. The van der Waals surface area contributed by atoms with Crippen LogP contribution in [0.25, 0.3) is 10.9 Å². The molecule has 0 amide bonds. The van der Waals surface area contributed by atoms with Crippen molar-refractivity contribution < 1.29 is 0 Å². The molecule has 0 atom stereocenters. The van der Waals surface area contributed by atoms with Crippen LogP contribution in [0.1, 0.15) is 5.56 Å². The van der Waals surface area contributed by atoms with Gasteiger partial charge in [0.2, 0.25) is 0 Å². The lowest BCUT2D eigenvalue weighted by atomic mass is 10.2. The topological polar surface area (TPSA) is 4.93 Å². The van der Waals surface area contributed by atoms with Gasteiger partial charge in [-0.05, 0) is 27.6 Å². The van der Waals surface area contributed by atoms with Crippen molar-refractivity contribution in [2.75, 3.05) is 0 Å². The molecule has 0 N–H and O–H groups in total. The molecular weight excluding hydrogens is 274 g/mol. The van der Waals surface area contributed by atoms with Gasteiger partial charge in [-0.15, -0.1) is 0 Å². The molecule has 0 saturated carbocycles. The second kappa shape index (κ2) is 4.38. The van der Waals surface area contributed by atoms with Crippen LogP contribution in [0.2, 0.25) is 0 Å². The van der Waals surface area contributed by atoms with E-state index in [-0.39, 0.29) is 0 Å². The molecule has 0 aliphatic rings. The van der Waals surface area contributed by atoms with E-state index in [1.54, 1.807) is 0 Å². The zero-order chi connectivity index (χ0) is 11.7. The van der Waals surface area contributed by atoms with Gasteiger partial charge in [-0.3, -0.25) is 0 Å². The predicted octanol–water partition coefficient (Wildman–Crippen LogP) is 4.45. The molecule has 0 unspecified atom stereocenters. The molecular formula is C15H12BrN. The molecule has 2 aromatic carbocycles. The third-order valence-electron chi connectivity index (χ3n) is 2.94. The normalized spacial score (nSPS) is 10.9. The number of halogens is 1. The Balaban J connectivity index is 2.07. The van der Waals surface area contributed by atoms with Crippen LogP contribution >= 0.6 is 15.9 Å². The van der Waals surface area contributed by atoms with Gasteiger partial charge >= 0.3 is 0 Å². The minimum absolute atomic E-state index is 0.910. The van der Waals surface area contributed by atoms with E-state index in [1.165, 1.54) is 16.5 Å². The second-order valence-electron chi connectivity index (χ2n) is 4.11. The zero-order valence-electron chi connectivity index (χ0n) is 9.31. The largest absolute Gasteiger partial charge is 0.342 e. The lowest BCUT2D eigenvalue weighted by molar-refractivity contribution is 0.835. The highest BCUT2D eigenvalue weighted by Crippen LogP contribution is 2.26. The molecule has 17 heavy (non-hydrogen) atoms. The molecule has 0 saturated heterocycles. The minimum atomic E-state index is 0.910. The molecule has 1 aromatic heterocycles. The van der Waals surface area contributed by atoms with E-state index in [2.05, 4.69) is 75.2 Å². The van der Waals surface area contributed by atoms with Crippen molar-refractivity contribution in [3.8, 4) is 0 Å². The number of benzene rings is 2. The first-order chi connectivity index (χ1) is 8.34. The summed E-state index contributed by atoms with van der Waals surface area (Å²) in [6.07, 6.45) is 2.15. The van der Waals surface area contributed by atoms with Crippen molar-refractivity contribution in [2.45, 2.75) is 6.54 Å². The first-order valence-electron chi connectivity index (χ1n) is 5.62. The highest BCUT2D eigenvalue weighted by atomic mass is 79.9. The number of nitrogens with zero attached hydrogens (tertiary/aromatic N) is 1. The summed E-state index contributed by atoms with van der Waals surface area (Å²) in [7, 11) is 0. The Morgan fingerprint density at radius 1 is 0.882 bits per heavy atom. The standard InChI is InChI=1S/C15H12BrN/c16-14-11-17(10-12-6-2-1-3-7-12)15-9-5-4-8-13(14)15/h1-9,11H,10H2. The van der Waals surface area contributed by atoms with Crippen LogP contribution in [-0.4, -0.2) is 4.57 Å². The van der Waals surface area contributed by atoms with Crippen LogP contribution < -0.4 is 0 Å². The van der Waals surface area contributed by atoms with Crippen LogP contribution in [0, 0.1) is 0 Å². The van der Waals surface area contributed by atoms with Gasteiger partial charge in [-0.25, -0.2) is 0 Å². The van der Waals surface area contributed by atoms with E-state index < -0.39 is 0 Å². The summed E-state index contributed by atoms with van der Waals surface area (Å²) in [4.78, 5) is 0. The van der Waals surface area contributed by atoms with Gasteiger partial charge < -0.3 is 4.57 Å². The fraction of sp³-hybridized carbons (Fsp3) is 0.0667. The Morgan fingerprint density at radius 2 is 1.59 bits per heavy atom. The highest BCUT2D eigenvalue weighted by Gasteiger charge is 2.05. The van der Waals surface area contributed by atoms with Crippen LogP contribution in [0.15, 0.2) is 65.3 Å². The number of hydrogen-bond donors (Lipinski definition) is 0. The molecule has 2 heteroatoms. The van der Waals surface area contributed by atoms with E-state index >= 15 is 0 Å². The van der Waals surface area contributed by atoms with Crippen LogP contribution in [-0.2, 0) is 6.54 Å². The van der Waals surface area contributed by atoms with Gasteiger partial charge in [0.05, 0.1) is 0 Å². The van der Waals surface area contributed by atoms with Gasteiger partial charge in [0, 0.05) is 28.1 Å². The zero-order valence-corrected chi connectivity index (χ0v) is 10.9. The van der Waals surface area contributed by atoms with E-state index in [0.29, 0.717) is 0 Å². The molecule has 3 rings (SSSR count). The Kier molecular flexibility index (Phi) is 2.73. The van der Waals surface area contributed by atoms with Gasteiger partial charge in [0.25, 0.3) is 0 Å². The van der Waals surface area contributed by atoms with Crippen molar-refractivity contribution in [1.82, 2.24) is 4.57 Å². The predicted molar refractivity (Wildman–Crippen MR) is 75.2 cm³/mol. The maximum Gasteiger partial charge on any atom is 0.0495 e. The summed E-state index contributed by atoms with van der Waals surface area (Å²) in [5.74, 6) is 0. The quantitative estimate of drug-likeness (QED) is 0.656. The first-order valence-corrected chi connectivity index (χ1v) is 6.41. The maximum atomic E-state index is 3.61. The van der Waals surface area contributed by atoms with E-state index in [9.17, 15) is 0 Å². The fourth-order valence-electron chi connectivity index (χ4n) is 2.11. The summed E-state index contributed by atoms with van der Waals surface area (Å²) >= 11 is 3.61. The number of hydrogen-bond acceptors (Lipinski definition) is 0. The Hall–Kier alpha value is -1.54. The molecule has 0 spiro atoms. The maximum absolute atomic E-state index is 3.61. The molecule has 1 heterocycles. The number of para-hydroxylation sites is 1. The SMILES string of the molecule is Brc1cn(Cc2ccccc2)c2ccccc12. The Labute approximate surface area is 109 Å². The average Bonchev–Trinajstić information content (AvgIpc) is 2.69. The molecule has 3 aromatic rings. The molecule has 0 radical (unpaired) electrons. The van der Waals surface area contributed by atoms with Crippen molar-refractivity contribution >= 4 is 26.8 Å². The summed E-state index contributed by atoms with van der Waals surface area (Å²) in [5.41, 5.74) is 2.59. The number of fused-ring (bicyclic) bond motifs is 1. The first kappa shape index (κ1) is 10.6. The van der Waals surface area contributed by atoms with Gasteiger partial charge in [0.1, 0.15) is 0 Å².